The maximum absolute atomic E-state index is 12.9. The van der Waals surface area contributed by atoms with Crippen molar-refractivity contribution in [1.29, 1.82) is 0 Å². The van der Waals surface area contributed by atoms with Crippen molar-refractivity contribution in [2.45, 2.75) is 63.8 Å². The van der Waals surface area contributed by atoms with Crippen LogP contribution < -0.4 is 0 Å². The smallest absolute Gasteiger partial charge is 0.320 e. The van der Waals surface area contributed by atoms with Crippen molar-refractivity contribution in [1.82, 2.24) is 9.80 Å². The van der Waals surface area contributed by atoms with Crippen LogP contribution in [0.5, 0.6) is 0 Å². The number of nitrogens with zero attached hydrogens (tertiary/aromatic N) is 2. The molecule has 1 N–H and O–H groups in total. The topological polar surface area (TPSA) is 70.1 Å². The van der Waals surface area contributed by atoms with Gasteiger partial charge in [-0.05, 0) is 32.6 Å². The number of morpholine rings is 1. The first kappa shape index (κ1) is 14.6. The fraction of sp³-hybridized carbons (Fsp3) is 0.867. The minimum absolute atomic E-state index is 0.0215. The van der Waals surface area contributed by atoms with Crippen molar-refractivity contribution >= 4 is 12.0 Å². The minimum atomic E-state index is -0.762. The van der Waals surface area contributed by atoms with Crippen LogP contribution in [-0.2, 0) is 9.53 Å². The molecule has 5 unspecified atom stereocenters. The van der Waals surface area contributed by atoms with E-state index >= 15 is 0 Å². The van der Waals surface area contributed by atoms with Gasteiger partial charge in [-0.2, -0.15) is 0 Å². The van der Waals surface area contributed by atoms with Crippen molar-refractivity contribution in [3.63, 3.8) is 0 Å². The Morgan fingerprint density at radius 1 is 1.33 bits per heavy atom. The monoisotopic (exact) mass is 296 g/mol. The van der Waals surface area contributed by atoms with E-state index in [2.05, 4.69) is 6.92 Å². The van der Waals surface area contributed by atoms with Crippen LogP contribution in [0.2, 0.25) is 0 Å². The van der Waals surface area contributed by atoms with Gasteiger partial charge in [0, 0.05) is 18.6 Å². The molecule has 3 heterocycles. The third kappa shape index (κ3) is 2.39. The molecule has 2 amide bonds. The molecule has 6 nitrogen and oxygen atoms in total. The van der Waals surface area contributed by atoms with Crippen LogP contribution in [0.3, 0.4) is 0 Å². The van der Waals surface area contributed by atoms with E-state index in [-0.39, 0.29) is 36.2 Å². The Labute approximate surface area is 125 Å². The van der Waals surface area contributed by atoms with Gasteiger partial charge in [0.1, 0.15) is 0 Å². The van der Waals surface area contributed by atoms with E-state index in [9.17, 15) is 14.7 Å². The third-order valence-electron chi connectivity index (χ3n) is 5.26. The molecule has 0 saturated carbocycles. The molecule has 3 aliphatic rings. The fourth-order valence-electron chi connectivity index (χ4n) is 4.12. The number of hydrogen-bond acceptors (Lipinski definition) is 3. The first-order valence-electron chi connectivity index (χ1n) is 7.96. The van der Waals surface area contributed by atoms with Gasteiger partial charge in [0.25, 0.3) is 0 Å². The quantitative estimate of drug-likeness (QED) is 0.839. The highest BCUT2D eigenvalue weighted by atomic mass is 16.5. The molecule has 0 aromatic heterocycles. The highest BCUT2D eigenvalue weighted by Crippen LogP contribution is 2.42. The summed E-state index contributed by atoms with van der Waals surface area (Å²) < 4.78 is 5.65. The second kappa shape index (κ2) is 5.48. The Hall–Kier alpha value is -1.30. The van der Waals surface area contributed by atoms with Gasteiger partial charge >= 0.3 is 12.0 Å². The number of amides is 2. The number of carboxylic acids is 1. The summed E-state index contributed by atoms with van der Waals surface area (Å²) in [5.74, 6) is -1.14. The van der Waals surface area contributed by atoms with Crippen molar-refractivity contribution in [2.24, 2.45) is 5.92 Å². The summed E-state index contributed by atoms with van der Waals surface area (Å²) >= 11 is 0. The number of carboxylic acid groups (broad SMARTS) is 1. The highest BCUT2D eigenvalue weighted by molar-refractivity contribution is 5.79. The zero-order chi connectivity index (χ0) is 15.1. The van der Waals surface area contributed by atoms with Crippen LogP contribution in [0.25, 0.3) is 0 Å². The average molecular weight is 296 g/mol. The van der Waals surface area contributed by atoms with Crippen LogP contribution in [0.4, 0.5) is 4.79 Å². The van der Waals surface area contributed by atoms with Crippen LogP contribution in [0.15, 0.2) is 0 Å². The molecule has 0 aromatic carbocycles. The van der Waals surface area contributed by atoms with E-state index in [0.29, 0.717) is 19.6 Å². The van der Waals surface area contributed by atoms with Gasteiger partial charge in [-0.1, -0.05) is 6.92 Å². The Bertz CT molecular complexity index is 441. The van der Waals surface area contributed by atoms with Crippen molar-refractivity contribution < 1.29 is 19.4 Å². The van der Waals surface area contributed by atoms with E-state index in [0.717, 1.165) is 19.3 Å². The summed E-state index contributed by atoms with van der Waals surface area (Å²) in [4.78, 5) is 28.1. The number of ether oxygens (including phenoxy) is 1. The van der Waals surface area contributed by atoms with Gasteiger partial charge < -0.3 is 19.6 Å². The van der Waals surface area contributed by atoms with Crippen LogP contribution in [0, 0.1) is 5.92 Å². The Kier molecular flexibility index (Phi) is 3.82. The molecular formula is C15H24N2O4. The summed E-state index contributed by atoms with van der Waals surface area (Å²) in [6.07, 6.45) is 3.29. The zero-order valence-electron chi connectivity index (χ0n) is 12.7. The van der Waals surface area contributed by atoms with Crippen LogP contribution in [0.1, 0.15) is 39.5 Å². The molecule has 0 aliphatic carbocycles. The first-order chi connectivity index (χ1) is 10.0. The summed E-state index contributed by atoms with van der Waals surface area (Å²) in [6, 6.07) is 0.125. The third-order valence-corrected chi connectivity index (χ3v) is 5.26. The molecule has 6 heteroatoms. The molecule has 5 atom stereocenters. The van der Waals surface area contributed by atoms with Gasteiger partial charge in [-0.3, -0.25) is 4.79 Å². The average Bonchev–Trinajstić information content (AvgIpc) is 3.04. The molecule has 118 valence electrons. The lowest BCUT2D eigenvalue weighted by atomic mass is 9.89. The number of carbonyl (C=O) groups excluding carboxylic acids is 1. The number of aliphatic carboxylic acids is 1. The lowest BCUT2D eigenvalue weighted by Crippen LogP contribution is -2.56. The first-order valence-corrected chi connectivity index (χ1v) is 7.96. The Morgan fingerprint density at radius 2 is 2.10 bits per heavy atom. The maximum Gasteiger partial charge on any atom is 0.320 e. The largest absolute Gasteiger partial charge is 0.481 e. The number of fused-ring (bicyclic) bond motifs is 2. The van der Waals surface area contributed by atoms with Gasteiger partial charge in [-0.25, -0.2) is 4.79 Å². The minimum Gasteiger partial charge on any atom is -0.481 e. The number of carbonyl (C=O) groups is 2. The Morgan fingerprint density at radius 3 is 2.71 bits per heavy atom. The molecule has 0 radical (unpaired) electrons. The molecule has 21 heavy (non-hydrogen) atoms. The molecule has 3 fully saturated rings. The molecule has 2 bridgehead atoms. The van der Waals surface area contributed by atoms with E-state index in [1.807, 2.05) is 16.7 Å². The van der Waals surface area contributed by atoms with E-state index in [1.54, 1.807) is 0 Å². The Balaban J connectivity index is 1.77. The summed E-state index contributed by atoms with van der Waals surface area (Å²) in [5.41, 5.74) is 0. The zero-order valence-corrected chi connectivity index (χ0v) is 12.7. The standard InChI is InChI=1S/C15H24N2O4/c1-3-10-8-21-9(2)7-16(10)15(20)17-11-4-5-13(17)12(6-11)14(18)19/h9-13H,3-8H2,1-2H3,(H,18,19). The van der Waals surface area contributed by atoms with E-state index in [4.69, 9.17) is 4.74 Å². The summed E-state index contributed by atoms with van der Waals surface area (Å²) in [7, 11) is 0. The number of rotatable bonds is 2. The van der Waals surface area contributed by atoms with Gasteiger partial charge in [0.05, 0.1) is 24.7 Å². The number of urea groups is 1. The predicted molar refractivity (Wildman–Crippen MR) is 76.0 cm³/mol. The SMILES string of the molecule is CCC1COC(C)CN1C(=O)N1C2CCC1C(C(=O)O)C2. The second-order valence-electron chi connectivity index (χ2n) is 6.53. The van der Waals surface area contributed by atoms with Crippen molar-refractivity contribution in [2.75, 3.05) is 13.2 Å². The normalized spacial score (nSPS) is 38.9. The molecule has 3 saturated heterocycles. The lowest BCUT2D eigenvalue weighted by molar-refractivity contribution is -0.142. The van der Waals surface area contributed by atoms with Gasteiger partial charge in [0.15, 0.2) is 0 Å². The van der Waals surface area contributed by atoms with Gasteiger partial charge in [-0.15, -0.1) is 0 Å². The molecule has 3 rings (SSSR count). The van der Waals surface area contributed by atoms with Gasteiger partial charge in [0.2, 0.25) is 0 Å². The fourth-order valence-corrected chi connectivity index (χ4v) is 4.12. The molecule has 0 aromatic rings. The predicted octanol–water partition coefficient (Wildman–Crippen LogP) is 1.54. The maximum atomic E-state index is 12.9. The van der Waals surface area contributed by atoms with E-state index < -0.39 is 5.97 Å². The van der Waals surface area contributed by atoms with Crippen LogP contribution >= 0.6 is 0 Å². The molecule has 0 spiro atoms. The second-order valence-corrected chi connectivity index (χ2v) is 6.53. The van der Waals surface area contributed by atoms with Crippen LogP contribution in [-0.4, -0.2) is 64.3 Å². The highest BCUT2D eigenvalue weighted by Gasteiger charge is 2.52. The number of hydrogen-bond donors (Lipinski definition) is 1. The van der Waals surface area contributed by atoms with Crippen molar-refractivity contribution in [3.8, 4) is 0 Å². The lowest BCUT2D eigenvalue weighted by Gasteiger charge is -2.41. The molecule has 3 aliphatic heterocycles. The molecular weight excluding hydrogens is 272 g/mol. The van der Waals surface area contributed by atoms with E-state index in [1.165, 1.54) is 0 Å². The summed E-state index contributed by atoms with van der Waals surface area (Å²) in [5, 5.41) is 9.31. The summed E-state index contributed by atoms with van der Waals surface area (Å²) in [6.45, 7) is 5.22. The van der Waals surface area contributed by atoms with Crippen molar-refractivity contribution in [3.05, 3.63) is 0 Å².